The van der Waals surface area contributed by atoms with Gasteiger partial charge in [-0.3, -0.25) is 9.59 Å². The Kier molecular flexibility index (Phi) is 8.90. The number of carbonyl (C=O) groups is 2. The van der Waals surface area contributed by atoms with Crippen molar-refractivity contribution in [3.63, 3.8) is 0 Å². The zero-order valence-corrected chi connectivity index (χ0v) is 26.1. The fourth-order valence-electron chi connectivity index (χ4n) is 5.92. The van der Waals surface area contributed by atoms with Crippen LogP contribution in [0.3, 0.4) is 0 Å². The molecule has 2 aliphatic heterocycles. The molecule has 0 unspecified atom stereocenters. The molecule has 12 heteroatoms. The van der Waals surface area contributed by atoms with E-state index >= 15 is 0 Å². The first kappa shape index (κ1) is 31.9. The number of ether oxygens (including phenoxy) is 1. The average molecular weight is 629 g/mol. The van der Waals surface area contributed by atoms with E-state index in [-0.39, 0.29) is 5.56 Å². The molecule has 0 spiro atoms. The summed E-state index contributed by atoms with van der Waals surface area (Å²) in [6, 6.07) is 13.1. The first-order chi connectivity index (χ1) is 21.9. The summed E-state index contributed by atoms with van der Waals surface area (Å²) in [6.07, 6.45) is 2.01. The number of nitrogens with zero attached hydrogens (tertiary/aromatic N) is 2. The van der Waals surface area contributed by atoms with Crippen molar-refractivity contribution in [2.24, 2.45) is 0 Å². The van der Waals surface area contributed by atoms with Crippen molar-refractivity contribution in [3.8, 4) is 34.0 Å². The Morgan fingerprint density at radius 1 is 0.826 bits per heavy atom. The Balaban J connectivity index is 0.000000182. The van der Waals surface area contributed by atoms with Crippen LogP contribution in [0.4, 0.5) is 11.4 Å². The van der Waals surface area contributed by atoms with Gasteiger partial charge in [-0.25, -0.2) is 9.59 Å². The van der Waals surface area contributed by atoms with E-state index in [9.17, 15) is 24.3 Å². The molecule has 4 aromatic rings. The minimum Gasteiger partial charge on any atom is -0.506 e. The molecule has 5 N–H and O–H groups in total. The normalized spacial score (nSPS) is 13.3. The third-order valence-corrected chi connectivity index (χ3v) is 8.43. The highest BCUT2D eigenvalue weighted by Crippen LogP contribution is 2.37. The zero-order chi connectivity index (χ0) is 33.3. The highest BCUT2D eigenvalue weighted by molar-refractivity contribution is 5.92. The lowest BCUT2D eigenvalue weighted by molar-refractivity contribution is 0.0682. The smallest absolute Gasteiger partial charge is 0.345 e. The lowest BCUT2D eigenvalue weighted by Crippen LogP contribution is -2.28. The summed E-state index contributed by atoms with van der Waals surface area (Å²) in [5.74, 6) is -2.45. The molecule has 240 valence electrons. The minimum absolute atomic E-state index is 0.207. The zero-order valence-electron chi connectivity index (χ0n) is 26.1. The number of benzene rings is 2. The van der Waals surface area contributed by atoms with Gasteiger partial charge in [0.15, 0.2) is 5.56 Å². The lowest BCUT2D eigenvalue weighted by Gasteiger charge is -2.28. The maximum Gasteiger partial charge on any atom is 0.345 e. The number of aromatic amines is 2. The van der Waals surface area contributed by atoms with E-state index in [1.807, 2.05) is 32.2 Å². The Morgan fingerprint density at radius 3 is 2.13 bits per heavy atom. The summed E-state index contributed by atoms with van der Waals surface area (Å²) in [4.78, 5) is 55.9. The van der Waals surface area contributed by atoms with E-state index in [1.54, 1.807) is 13.0 Å². The van der Waals surface area contributed by atoms with Crippen LogP contribution in [-0.4, -0.2) is 71.0 Å². The molecule has 2 aromatic carbocycles. The number of anilines is 2. The van der Waals surface area contributed by atoms with Crippen molar-refractivity contribution >= 4 is 23.3 Å². The number of aromatic nitrogens is 2. The second-order valence-electron chi connectivity index (χ2n) is 11.2. The van der Waals surface area contributed by atoms with Crippen LogP contribution in [0.2, 0.25) is 0 Å². The number of nitrogens with one attached hydrogen (secondary N) is 2. The van der Waals surface area contributed by atoms with Gasteiger partial charge in [-0.05, 0) is 66.3 Å². The van der Waals surface area contributed by atoms with Crippen molar-refractivity contribution in [1.29, 1.82) is 0 Å². The third-order valence-electron chi connectivity index (χ3n) is 8.43. The number of fused-ring (bicyclic) bond motifs is 2. The van der Waals surface area contributed by atoms with E-state index < -0.39 is 34.4 Å². The summed E-state index contributed by atoms with van der Waals surface area (Å²) in [6.45, 7) is 6.08. The van der Waals surface area contributed by atoms with E-state index in [0.717, 1.165) is 42.0 Å². The number of aromatic carboxylic acids is 2. The second-order valence-corrected chi connectivity index (χ2v) is 11.2. The van der Waals surface area contributed by atoms with Crippen molar-refractivity contribution in [2.45, 2.75) is 33.1 Å². The first-order valence-electron chi connectivity index (χ1n) is 15.0. The van der Waals surface area contributed by atoms with Crippen molar-refractivity contribution in [3.05, 3.63) is 91.0 Å². The molecule has 12 nitrogen and oxygen atoms in total. The van der Waals surface area contributed by atoms with Crippen molar-refractivity contribution in [1.82, 2.24) is 9.97 Å². The molecule has 0 radical (unpaired) electrons. The van der Waals surface area contributed by atoms with Crippen LogP contribution in [0.15, 0.2) is 52.1 Å². The monoisotopic (exact) mass is 628 g/mol. The number of likely N-dealkylation sites (N-methyl/N-ethyl adjacent to an activating group) is 2. The molecule has 2 aliphatic rings. The maximum absolute atomic E-state index is 12.0. The molecule has 0 saturated carbocycles. The summed E-state index contributed by atoms with van der Waals surface area (Å²) in [5.41, 5.74) is 5.11. The van der Waals surface area contributed by atoms with Crippen LogP contribution >= 0.6 is 0 Å². The van der Waals surface area contributed by atoms with Crippen LogP contribution in [-0.2, 0) is 19.3 Å². The van der Waals surface area contributed by atoms with Gasteiger partial charge in [-0.2, -0.15) is 0 Å². The number of H-pyrrole nitrogens is 2. The highest BCUT2D eigenvalue weighted by atomic mass is 16.5. The van der Waals surface area contributed by atoms with Crippen molar-refractivity contribution < 1.29 is 29.6 Å². The van der Waals surface area contributed by atoms with E-state index in [0.29, 0.717) is 42.0 Å². The molecule has 0 saturated heterocycles. The Morgan fingerprint density at radius 2 is 1.48 bits per heavy atom. The summed E-state index contributed by atoms with van der Waals surface area (Å²) in [5, 5.41) is 28.4. The average Bonchev–Trinajstić information content (AvgIpc) is 3.40. The Labute approximate surface area is 264 Å². The number of aromatic hydroxyl groups is 1. The standard InChI is InChI=1S/C17H18N2O5.C17H18N2O3/c1-3-10-14(18-16(21)13(15(10)20)17(22)23)9-4-5-11-12(8-9)24-7-6-19(11)2;1-3-10-9-13(17(21)22)16(20)18-15(10)12-4-5-14-11(8-12)6-7-19(14)2/h4-5,8H,3,6-7H2,1-2H3,(H,22,23)(H2,18,20,21);4-5,8-9H,3,6-7H2,1-2H3,(H,18,20)(H,21,22). The van der Waals surface area contributed by atoms with Gasteiger partial charge in [-0.1, -0.05) is 26.0 Å². The largest absolute Gasteiger partial charge is 0.506 e. The fraction of sp³-hybridized carbons (Fsp3) is 0.294. The molecule has 46 heavy (non-hydrogen) atoms. The van der Waals surface area contributed by atoms with E-state index in [4.69, 9.17) is 14.9 Å². The molecule has 0 aliphatic carbocycles. The van der Waals surface area contributed by atoms with Gasteiger partial charge in [0.05, 0.1) is 23.6 Å². The second kappa shape index (κ2) is 12.8. The lowest BCUT2D eigenvalue weighted by atomic mass is 9.99. The highest BCUT2D eigenvalue weighted by Gasteiger charge is 2.23. The number of rotatable bonds is 6. The molecule has 0 atom stereocenters. The third kappa shape index (κ3) is 5.93. The number of hydrogen-bond donors (Lipinski definition) is 5. The van der Waals surface area contributed by atoms with Gasteiger partial charge in [0.25, 0.3) is 11.1 Å². The molecule has 4 heterocycles. The number of hydrogen-bond acceptors (Lipinski definition) is 8. The fourth-order valence-corrected chi connectivity index (χ4v) is 5.92. The maximum atomic E-state index is 12.0. The summed E-state index contributed by atoms with van der Waals surface area (Å²) >= 11 is 0. The molecular formula is C34H36N4O8. The van der Waals surface area contributed by atoms with Crippen LogP contribution in [0.25, 0.3) is 22.5 Å². The Hall–Kier alpha value is -5.52. The molecule has 6 rings (SSSR count). The molecule has 0 amide bonds. The van der Waals surface area contributed by atoms with Crippen LogP contribution in [0, 0.1) is 0 Å². The SMILES string of the molecule is CCc1c(-c2ccc3c(c2)OCCN3C)[nH]c(=O)c(C(=O)O)c1O.CCc1cc(C(=O)O)c(=O)[nH]c1-c1ccc2c(c1)CCN2C. The molecule has 0 bridgehead atoms. The van der Waals surface area contributed by atoms with Gasteiger partial charge < -0.3 is 39.8 Å². The van der Waals surface area contributed by atoms with E-state index in [1.165, 1.54) is 17.3 Å². The number of pyridine rings is 2. The van der Waals surface area contributed by atoms with Crippen LogP contribution < -0.4 is 25.7 Å². The minimum atomic E-state index is -1.45. The molecule has 2 aromatic heterocycles. The van der Waals surface area contributed by atoms with E-state index in [2.05, 4.69) is 38.9 Å². The molecular weight excluding hydrogens is 592 g/mol. The topological polar surface area (TPSA) is 176 Å². The van der Waals surface area contributed by atoms with Crippen LogP contribution in [0.5, 0.6) is 11.5 Å². The summed E-state index contributed by atoms with van der Waals surface area (Å²) in [7, 11) is 4.03. The first-order valence-corrected chi connectivity index (χ1v) is 15.0. The van der Waals surface area contributed by atoms with Gasteiger partial charge in [0.1, 0.15) is 23.7 Å². The van der Waals surface area contributed by atoms with Crippen molar-refractivity contribution in [2.75, 3.05) is 43.6 Å². The predicted molar refractivity (Wildman–Crippen MR) is 175 cm³/mol. The quantitative estimate of drug-likeness (QED) is 0.209. The number of carboxylic acids is 2. The van der Waals surface area contributed by atoms with Gasteiger partial charge in [0.2, 0.25) is 0 Å². The number of aryl methyl sites for hydroxylation is 1. The Bertz CT molecular complexity index is 1960. The molecule has 0 fully saturated rings. The van der Waals surface area contributed by atoms with Crippen LogP contribution in [0.1, 0.15) is 51.3 Å². The van der Waals surface area contributed by atoms with Gasteiger partial charge in [-0.15, -0.1) is 0 Å². The van der Waals surface area contributed by atoms with Gasteiger partial charge in [0, 0.05) is 37.5 Å². The van der Waals surface area contributed by atoms with Gasteiger partial charge >= 0.3 is 11.9 Å². The predicted octanol–water partition coefficient (Wildman–Crippen LogP) is 4.13. The number of carboxylic acid groups (broad SMARTS) is 2. The summed E-state index contributed by atoms with van der Waals surface area (Å²) < 4.78 is 5.66.